The molecule has 0 bridgehead atoms. The first-order valence-corrected chi connectivity index (χ1v) is 6.61. The Hall–Kier alpha value is -1.75. The molecule has 0 N–H and O–H groups in total. The van der Waals surface area contributed by atoms with Crippen LogP contribution in [0, 0.1) is 11.6 Å². The molecule has 2 aromatic carbocycles. The Bertz CT molecular complexity index is 656. The van der Waals surface area contributed by atoms with Crippen LogP contribution >= 0.6 is 15.9 Å². The van der Waals surface area contributed by atoms with Gasteiger partial charge in [0.15, 0.2) is 17.4 Å². The molecular weight excluding hydrogens is 330 g/mol. The standard InChI is InChI=1S/C15H11BrF2O2/c1-20-11-3-4-12(16)10(6-11)8-15(19)9-2-5-13(17)14(18)7-9/h2-7H,8H2,1H3. The third kappa shape index (κ3) is 3.22. The molecule has 0 fully saturated rings. The van der Waals surface area contributed by atoms with Gasteiger partial charge in [-0.05, 0) is 42.0 Å². The number of carbonyl (C=O) groups is 1. The van der Waals surface area contributed by atoms with Crippen molar-refractivity contribution in [1.82, 2.24) is 0 Å². The summed E-state index contributed by atoms with van der Waals surface area (Å²) in [6.07, 6.45) is 0.0723. The summed E-state index contributed by atoms with van der Waals surface area (Å²) in [6.45, 7) is 0. The quantitative estimate of drug-likeness (QED) is 0.781. The second-order valence-corrected chi connectivity index (χ2v) is 5.04. The van der Waals surface area contributed by atoms with Crippen LogP contribution in [-0.4, -0.2) is 12.9 Å². The number of hydrogen-bond acceptors (Lipinski definition) is 2. The predicted octanol–water partition coefficient (Wildman–Crippen LogP) is 4.16. The van der Waals surface area contributed by atoms with Crippen molar-refractivity contribution in [2.75, 3.05) is 7.11 Å². The minimum atomic E-state index is -1.03. The molecule has 2 nitrogen and oxygen atoms in total. The molecule has 0 radical (unpaired) electrons. The molecule has 0 aliphatic rings. The zero-order chi connectivity index (χ0) is 14.7. The summed E-state index contributed by atoms with van der Waals surface area (Å²) < 4.78 is 31.8. The Morgan fingerprint density at radius 2 is 1.90 bits per heavy atom. The van der Waals surface area contributed by atoms with Crippen molar-refractivity contribution in [1.29, 1.82) is 0 Å². The first-order chi connectivity index (χ1) is 9.51. The van der Waals surface area contributed by atoms with Gasteiger partial charge >= 0.3 is 0 Å². The van der Waals surface area contributed by atoms with Crippen LogP contribution in [-0.2, 0) is 6.42 Å². The molecule has 2 aromatic rings. The molecule has 0 saturated heterocycles. The normalized spacial score (nSPS) is 10.4. The summed E-state index contributed by atoms with van der Waals surface area (Å²) in [5, 5.41) is 0. The van der Waals surface area contributed by atoms with E-state index in [0.29, 0.717) is 5.75 Å². The first kappa shape index (κ1) is 14.7. The van der Waals surface area contributed by atoms with Gasteiger partial charge in [-0.2, -0.15) is 0 Å². The van der Waals surface area contributed by atoms with E-state index in [0.717, 1.165) is 22.2 Å². The Morgan fingerprint density at radius 1 is 1.15 bits per heavy atom. The minimum Gasteiger partial charge on any atom is -0.497 e. The van der Waals surface area contributed by atoms with Crippen LogP contribution in [0.2, 0.25) is 0 Å². The lowest BCUT2D eigenvalue weighted by atomic mass is 10.0. The van der Waals surface area contributed by atoms with E-state index in [-0.39, 0.29) is 17.8 Å². The van der Waals surface area contributed by atoms with Gasteiger partial charge in [0.2, 0.25) is 0 Å². The van der Waals surface area contributed by atoms with Gasteiger partial charge in [0, 0.05) is 16.5 Å². The zero-order valence-corrected chi connectivity index (χ0v) is 12.2. The van der Waals surface area contributed by atoms with E-state index in [1.165, 1.54) is 13.2 Å². The zero-order valence-electron chi connectivity index (χ0n) is 10.6. The average Bonchev–Trinajstić information content (AvgIpc) is 2.44. The summed E-state index contributed by atoms with van der Waals surface area (Å²) in [4.78, 5) is 12.1. The van der Waals surface area contributed by atoms with Crippen LogP contribution in [0.1, 0.15) is 15.9 Å². The van der Waals surface area contributed by atoms with Crippen molar-refractivity contribution in [3.8, 4) is 5.75 Å². The molecule has 0 spiro atoms. The summed E-state index contributed by atoms with van der Waals surface area (Å²) in [5.41, 5.74) is 0.859. The maximum Gasteiger partial charge on any atom is 0.167 e. The van der Waals surface area contributed by atoms with Crippen molar-refractivity contribution in [3.63, 3.8) is 0 Å². The van der Waals surface area contributed by atoms with E-state index in [2.05, 4.69) is 15.9 Å². The lowest BCUT2D eigenvalue weighted by Crippen LogP contribution is -2.05. The number of methoxy groups -OCH3 is 1. The van der Waals surface area contributed by atoms with Gasteiger partial charge in [-0.3, -0.25) is 4.79 Å². The number of ketones is 1. The fourth-order valence-corrected chi connectivity index (χ4v) is 2.14. The van der Waals surface area contributed by atoms with Crippen molar-refractivity contribution < 1.29 is 18.3 Å². The summed E-state index contributed by atoms with van der Waals surface area (Å²) in [5.74, 6) is -1.66. The first-order valence-electron chi connectivity index (χ1n) is 5.82. The van der Waals surface area contributed by atoms with Gasteiger partial charge in [0.25, 0.3) is 0 Å². The minimum absolute atomic E-state index is 0.0723. The number of Topliss-reactive ketones (excluding diaryl/α,β-unsaturated/α-hetero) is 1. The van der Waals surface area contributed by atoms with Gasteiger partial charge in [-0.1, -0.05) is 15.9 Å². The van der Waals surface area contributed by atoms with E-state index in [9.17, 15) is 13.6 Å². The molecule has 104 valence electrons. The monoisotopic (exact) mass is 340 g/mol. The lowest BCUT2D eigenvalue weighted by molar-refractivity contribution is 0.0992. The smallest absolute Gasteiger partial charge is 0.167 e. The molecule has 2 rings (SSSR count). The van der Waals surface area contributed by atoms with Crippen molar-refractivity contribution in [2.24, 2.45) is 0 Å². The van der Waals surface area contributed by atoms with Crippen LogP contribution in [0.25, 0.3) is 0 Å². The van der Waals surface area contributed by atoms with Crippen molar-refractivity contribution in [2.45, 2.75) is 6.42 Å². The molecule has 0 aromatic heterocycles. The van der Waals surface area contributed by atoms with Gasteiger partial charge in [0.05, 0.1) is 7.11 Å². The molecule has 0 amide bonds. The van der Waals surface area contributed by atoms with Gasteiger partial charge in [-0.15, -0.1) is 0 Å². The largest absolute Gasteiger partial charge is 0.497 e. The van der Waals surface area contributed by atoms with E-state index in [4.69, 9.17) is 4.74 Å². The fourth-order valence-electron chi connectivity index (χ4n) is 1.76. The number of halogens is 3. The van der Waals surface area contributed by atoms with Gasteiger partial charge < -0.3 is 4.74 Å². The van der Waals surface area contributed by atoms with Crippen molar-refractivity contribution >= 4 is 21.7 Å². The highest BCUT2D eigenvalue weighted by Gasteiger charge is 2.13. The van der Waals surface area contributed by atoms with Crippen LogP contribution in [0.5, 0.6) is 5.75 Å². The highest BCUT2D eigenvalue weighted by atomic mass is 79.9. The number of ether oxygens (including phenoxy) is 1. The van der Waals surface area contributed by atoms with E-state index >= 15 is 0 Å². The lowest BCUT2D eigenvalue weighted by Gasteiger charge is -2.07. The Morgan fingerprint density at radius 3 is 2.55 bits per heavy atom. The second-order valence-electron chi connectivity index (χ2n) is 4.19. The summed E-state index contributed by atoms with van der Waals surface area (Å²) in [6, 6.07) is 8.38. The number of rotatable bonds is 4. The highest BCUT2D eigenvalue weighted by molar-refractivity contribution is 9.10. The Balaban J connectivity index is 2.25. The van der Waals surface area contributed by atoms with E-state index in [1.54, 1.807) is 18.2 Å². The maximum atomic E-state index is 13.1. The summed E-state index contributed by atoms with van der Waals surface area (Å²) >= 11 is 3.34. The molecule has 0 unspecified atom stereocenters. The molecule has 0 atom stereocenters. The molecular formula is C15H11BrF2O2. The SMILES string of the molecule is COc1ccc(Br)c(CC(=O)c2ccc(F)c(F)c2)c1. The van der Waals surface area contributed by atoms with Crippen LogP contribution in [0.4, 0.5) is 8.78 Å². The maximum absolute atomic E-state index is 13.1. The van der Waals surface area contributed by atoms with Gasteiger partial charge in [0.1, 0.15) is 5.75 Å². The Labute approximate surface area is 123 Å². The molecule has 0 aliphatic carbocycles. The van der Waals surface area contributed by atoms with E-state index in [1.807, 2.05) is 0 Å². The fraction of sp³-hybridized carbons (Fsp3) is 0.133. The van der Waals surface area contributed by atoms with Gasteiger partial charge in [-0.25, -0.2) is 8.78 Å². The molecule has 0 aliphatic heterocycles. The topological polar surface area (TPSA) is 26.3 Å². The number of hydrogen-bond donors (Lipinski definition) is 0. The molecule has 20 heavy (non-hydrogen) atoms. The second kappa shape index (κ2) is 6.13. The van der Waals surface area contributed by atoms with Crippen LogP contribution < -0.4 is 4.74 Å². The third-order valence-electron chi connectivity index (χ3n) is 2.85. The van der Waals surface area contributed by atoms with E-state index < -0.39 is 11.6 Å². The van der Waals surface area contributed by atoms with Crippen LogP contribution in [0.3, 0.4) is 0 Å². The predicted molar refractivity (Wildman–Crippen MR) is 75.1 cm³/mol. The third-order valence-corrected chi connectivity index (χ3v) is 3.62. The molecule has 0 saturated carbocycles. The van der Waals surface area contributed by atoms with Crippen LogP contribution in [0.15, 0.2) is 40.9 Å². The van der Waals surface area contributed by atoms with Crippen molar-refractivity contribution in [3.05, 3.63) is 63.6 Å². The number of carbonyl (C=O) groups excluding carboxylic acids is 1. The highest BCUT2D eigenvalue weighted by Crippen LogP contribution is 2.24. The number of benzene rings is 2. The Kier molecular flexibility index (Phi) is 4.49. The summed E-state index contributed by atoms with van der Waals surface area (Å²) in [7, 11) is 1.53. The average molecular weight is 341 g/mol. The molecule has 0 heterocycles. The molecule has 5 heteroatoms.